The summed E-state index contributed by atoms with van der Waals surface area (Å²) in [5, 5.41) is 3.46. The number of nitrogens with two attached hydrogens (primary N) is 1. The molecular weight excluding hydrogens is 260 g/mol. The first kappa shape index (κ1) is 13.4. The maximum Gasteiger partial charge on any atom is 0.253 e. The lowest BCUT2D eigenvalue weighted by Gasteiger charge is -2.10. The maximum absolute atomic E-state index is 12.1. The van der Waals surface area contributed by atoms with Crippen molar-refractivity contribution in [1.82, 2.24) is 5.32 Å². The number of nitrogen functional groups attached to an aromatic ring is 1. The Balaban J connectivity index is 2.10. The van der Waals surface area contributed by atoms with Gasteiger partial charge in [-0.1, -0.05) is 41.9 Å². The fourth-order valence-electron chi connectivity index (χ4n) is 1.79. The first-order chi connectivity index (χ1) is 9.09. The summed E-state index contributed by atoms with van der Waals surface area (Å²) in [5.74, 6) is -0.193. The first-order valence-electron chi connectivity index (χ1n) is 5.96. The highest BCUT2D eigenvalue weighted by Gasteiger charge is 2.10. The fourth-order valence-corrected chi connectivity index (χ4v) is 1.99. The lowest BCUT2D eigenvalue weighted by molar-refractivity contribution is 0.0952. The van der Waals surface area contributed by atoms with E-state index in [4.69, 9.17) is 17.3 Å². The molecule has 0 radical (unpaired) electrons. The van der Waals surface area contributed by atoms with Crippen LogP contribution in [-0.4, -0.2) is 5.91 Å². The lowest BCUT2D eigenvalue weighted by atomic mass is 10.1. The molecule has 0 spiro atoms. The molecule has 2 aromatic carbocycles. The van der Waals surface area contributed by atoms with Crippen LogP contribution in [-0.2, 0) is 6.54 Å². The Morgan fingerprint density at radius 2 is 1.95 bits per heavy atom. The Morgan fingerprint density at radius 1 is 1.21 bits per heavy atom. The number of para-hydroxylation sites is 1. The molecule has 0 atom stereocenters. The van der Waals surface area contributed by atoms with Gasteiger partial charge in [-0.3, -0.25) is 4.79 Å². The van der Waals surface area contributed by atoms with Crippen LogP contribution in [0.5, 0.6) is 0 Å². The Kier molecular flexibility index (Phi) is 4.07. The topological polar surface area (TPSA) is 55.1 Å². The molecule has 0 saturated heterocycles. The highest BCUT2D eigenvalue weighted by molar-refractivity contribution is 6.31. The van der Waals surface area contributed by atoms with Crippen LogP contribution in [0.3, 0.4) is 0 Å². The van der Waals surface area contributed by atoms with Gasteiger partial charge in [0.2, 0.25) is 0 Å². The minimum absolute atomic E-state index is 0.193. The van der Waals surface area contributed by atoms with Crippen molar-refractivity contribution in [3.05, 3.63) is 64.2 Å². The summed E-state index contributed by atoms with van der Waals surface area (Å²) in [7, 11) is 0. The average Bonchev–Trinajstić information content (AvgIpc) is 2.40. The molecule has 3 nitrogen and oxygen atoms in total. The van der Waals surface area contributed by atoms with Gasteiger partial charge in [0.1, 0.15) is 0 Å². The van der Waals surface area contributed by atoms with Crippen molar-refractivity contribution in [3.63, 3.8) is 0 Å². The molecule has 0 fully saturated rings. The summed E-state index contributed by atoms with van der Waals surface area (Å²) >= 11 is 6.03. The van der Waals surface area contributed by atoms with Crippen molar-refractivity contribution in [2.75, 3.05) is 5.73 Å². The van der Waals surface area contributed by atoms with Crippen molar-refractivity contribution in [1.29, 1.82) is 0 Å². The molecule has 98 valence electrons. The van der Waals surface area contributed by atoms with Crippen LogP contribution in [0.2, 0.25) is 5.02 Å². The maximum atomic E-state index is 12.1. The van der Waals surface area contributed by atoms with E-state index in [9.17, 15) is 4.79 Å². The van der Waals surface area contributed by atoms with E-state index in [1.807, 2.05) is 37.3 Å². The molecule has 0 aromatic heterocycles. The summed E-state index contributed by atoms with van der Waals surface area (Å²) in [4.78, 5) is 12.1. The van der Waals surface area contributed by atoms with Gasteiger partial charge in [0.15, 0.2) is 0 Å². The zero-order chi connectivity index (χ0) is 13.8. The number of aryl methyl sites for hydroxylation is 1. The number of hydrogen-bond donors (Lipinski definition) is 2. The summed E-state index contributed by atoms with van der Waals surface area (Å²) in [6, 6.07) is 12.8. The number of halogens is 1. The smallest absolute Gasteiger partial charge is 0.253 e. The lowest BCUT2D eigenvalue weighted by Crippen LogP contribution is -2.24. The number of nitrogens with one attached hydrogen (secondary N) is 1. The van der Waals surface area contributed by atoms with Crippen LogP contribution < -0.4 is 11.1 Å². The zero-order valence-corrected chi connectivity index (χ0v) is 11.4. The van der Waals surface area contributed by atoms with E-state index in [1.165, 1.54) is 0 Å². The monoisotopic (exact) mass is 274 g/mol. The highest BCUT2D eigenvalue weighted by atomic mass is 35.5. The van der Waals surface area contributed by atoms with Crippen molar-refractivity contribution in [2.24, 2.45) is 0 Å². The van der Waals surface area contributed by atoms with Crippen molar-refractivity contribution >= 4 is 23.2 Å². The van der Waals surface area contributed by atoms with E-state index in [0.717, 1.165) is 11.1 Å². The molecule has 0 aliphatic rings. The number of hydrogen-bond acceptors (Lipinski definition) is 2. The van der Waals surface area contributed by atoms with Gasteiger partial charge in [0, 0.05) is 17.3 Å². The van der Waals surface area contributed by atoms with Gasteiger partial charge in [0.25, 0.3) is 5.91 Å². The molecule has 0 unspecified atom stereocenters. The summed E-state index contributed by atoms with van der Waals surface area (Å²) in [6.07, 6.45) is 0. The van der Waals surface area contributed by atoms with Crippen LogP contribution in [0.25, 0.3) is 0 Å². The molecular formula is C15H15ClN2O. The van der Waals surface area contributed by atoms with Gasteiger partial charge in [-0.2, -0.15) is 0 Å². The van der Waals surface area contributed by atoms with E-state index in [1.54, 1.807) is 12.1 Å². The van der Waals surface area contributed by atoms with Crippen LogP contribution in [0.1, 0.15) is 21.5 Å². The van der Waals surface area contributed by atoms with Gasteiger partial charge >= 0.3 is 0 Å². The predicted molar refractivity (Wildman–Crippen MR) is 78.2 cm³/mol. The van der Waals surface area contributed by atoms with E-state index < -0.39 is 0 Å². The molecule has 0 saturated carbocycles. The molecule has 0 aliphatic carbocycles. The molecule has 0 heterocycles. The van der Waals surface area contributed by atoms with Gasteiger partial charge in [0.05, 0.1) is 5.56 Å². The highest BCUT2D eigenvalue weighted by Crippen LogP contribution is 2.17. The molecule has 3 N–H and O–H groups in total. The Bertz CT molecular complexity index is 611. The van der Waals surface area contributed by atoms with Crippen LogP contribution in [0.4, 0.5) is 5.69 Å². The quantitative estimate of drug-likeness (QED) is 0.845. The standard InChI is InChI=1S/C15H15ClN2O/c1-10-5-4-7-12(14(10)17)15(19)18-9-11-6-2-3-8-13(11)16/h2-8H,9,17H2,1H3,(H,18,19). The third kappa shape index (κ3) is 3.06. The number of benzene rings is 2. The molecule has 19 heavy (non-hydrogen) atoms. The van der Waals surface area contributed by atoms with Gasteiger partial charge < -0.3 is 11.1 Å². The number of carbonyl (C=O) groups excluding carboxylic acids is 1. The van der Waals surface area contributed by atoms with E-state index in [-0.39, 0.29) is 5.91 Å². The van der Waals surface area contributed by atoms with Crippen LogP contribution in [0, 0.1) is 6.92 Å². The van der Waals surface area contributed by atoms with E-state index in [2.05, 4.69) is 5.32 Å². The number of carbonyl (C=O) groups is 1. The third-order valence-electron chi connectivity index (χ3n) is 2.97. The summed E-state index contributed by atoms with van der Waals surface area (Å²) in [6.45, 7) is 2.26. The molecule has 2 aromatic rings. The zero-order valence-electron chi connectivity index (χ0n) is 10.6. The first-order valence-corrected chi connectivity index (χ1v) is 6.34. The van der Waals surface area contributed by atoms with Gasteiger partial charge in [-0.15, -0.1) is 0 Å². The van der Waals surface area contributed by atoms with Crippen molar-refractivity contribution in [3.8, 4) is 0 Å². The number of amides is 1. The third-order valence-corrected chi connectivity index (χ3v) is 3.33. The van der Waals surface area contributed by atoms with Crippen LogP contribution in [0.15, 0.2) is 42.5 Å². The minimum atomic E-state index is -0.193. The number of anilines is 1. The predicted octanol–water partition coefficient (Wildman–Crippen LogP) is 3.16. The minimum Gasteiger partial charge on any atom is -0.398 e. The normalized spacial score (nSPS) is 10.2. The van der Waals surface area contributed by atoms with Crippen molar-refractivity contribution in [2.45, 2.75) is 13.5 Å². The molecule has 2 rings (SSSR count). The van der Waals surface area contributed by atoms with E-state index in [0.29, 0.717) is 22.8 Å². The average molecular weight is 275 g/mol. The largest absolute Gasteiger partial charge is 0.398 e. The Hall–Kier alpha value is -2.00. The summed E-state index contributed by atoms with van der Waals surface area (Å²) < 4.78 is 0. The SMILES string of the molecule is Cc1cccc(C(=O)NCc2ccccc2Cl)c1N. The molecule has 4 heteroatoms. The second kappa shape index (κ2) is 5.76. The fraction of sp³-hybridized carbons (Fsp3) is 0.133. The number of rotatable bonds is 3. The molecule has 1 amide bonds. The van der Waals surface area contributed by atoms with Crippen molar-refractivity contribution < 1.29 is 4.79 Å². The molecule has 0 bridgehead atoms. The Labute approximate surface area is 117 Å². The second-order valence-electron chi connectivity index (χ2n) is 4.31. The summed E-state index contributed by atoms with van der Waals surface area (Å²) in [5.41, 5.74) is 8.67. The Morgan fingerprint density at radius 3 is 2.68 bits per heavy atom. The molecule has 0 aliphatic heterocycles. The van der Waals surface area contributed by atoms with Gasteiger partial charge in [-0.05, 0) is 30.2 Å². The van der Waals surface area contributed by atoms with Gasteiger partial charge in [-0.25, -0.2) is 0 Å². The second-order valence-corrected chi connectivity index (χ2v) is 4.72. The van der Waals surface area contributed by atoms with Crippen LogP contribution >= 0.6 is 11.6 Å². The van der Waals surface area contributed by atoms with E-state index >= 15 is 0 Å².